The number of likely N-dealkylation sites (tertiary alicyclic amines) is 1. The van der Waals surface area contributed by atoms with Crippen molar-refractivity contribution in [3.8, 4) is 0 Å². The molecule has 0 saturated carbocycles. The van der Waals surface area contributed by atoms with Crippen molar-refractivity contribution in [1.82, 2.24) is 4.90 Å². The molecule has 0 spiro atoms. The molecule has 1 fully saturated rings. The fourth-order valence-corrected chi connectivity index (χ4v) is 1.58. The monoisotopic (exact) mass is 229 g/mol. The quantitative estimate of drug-likeness (QED) is 0.305. The molecule has 0 aromatic heterocycles. The largest absolute Gasteiger partial charge is 0.465 e. The van der Waals surface area contributed by atoms with Crippen LogP contribution in [0.25, 0.3) is 0 Å². The summed E-state index contributed by atoms with van der Waals surface area (Å²) in [6.07, 6.45) is 0.512. The number of carbonyl (C=O) groups excluding carboxylic acids is 1. The Bertz CT molecular complexity index is 316. The average molecular weight is 229 g/mol. The zero-order valence-corrected chi connectivity index (χ0v) is 9.05. The summed E-state index contributed by atoms with van der Waals surface area (Å²) in [7, 11) is 0. The molecule has 16 heavy (non-hydrogen) atoms. The van der Waals surface area contributed by atoms with Crippen LogP contribution in [0.15, 0.2) is 5.16 Å². The second-order valence-corrected chi connectivity index (χ2v) is 3.67. The fourth-order valence-electron chi connectivity index (χ4n) is 1.58. The van der Waals surface area contributed by atoms with E-state index in [0.29, 0.717) is 13.1 Å². The van der Waals surface area contributed by atoms with Crippen molar-refractivity contribution in [2.45, 2.75) is 19.8 Å². The first kappa shape index (κ1) is 12.3. The summed E-state index contributed by atoms with van der Waals surface area (Å²) in [4.78, 5) is 27.0. The molecule has 0 aromatic carbocycles. The van der Waals surface area contributed by atoms with Gasteiger partial charge < -0.3 is 20.6 Å². The number of rotatable bonds is 2. The molecule has 1 aliphatic rings. The Morgan fingerprint density at radius 2 is 2.25 bits per heavy atom. The minimum atomic E-state index is -0.968. The van der Waals surface area contributed by atoms with Gasteiger partial charge in [-0.1, -0.05) is 5.16 Å². The van der Waals surface area contributed by atoms with Gasteiger partial charge in [-0.05, 0) is 12.8 Å². The fraction of sp³-hybridized carbons (Fsp3) is 0.667. The van der Waals surface area contributed by atoms with Gasteiger partial charge in [0.1, 0.15) is 5.84 Å². The van der Waals surface area contributed by atoms with Crippen molar-refractivity contribution in [2.24, 2.45) is 16.8 Å². The summed E-state index contributed by atoms with van der Waals surface area (Å²) in [5.41, 5.74) is 5.61. The third kappa shape index (κ3) is 3.41. The molecule has 0 radical (unpaired) electrons. The van der Waals surface area contributed by atoms with E-state index in [1.807, 2.05) is 0 Å². The summed E-state index contributed by atoms with van der Waals surface area (Å²) < 4.78 is 0. The van der Waals surface area contributed by atoms with E-state index in [1.165, 1.54) is 11.8 Å². The lowest BCUT2D eigenvalue weighted by Crippen LogP contribution is -2.43. The van der Waals surface area contributed by atoms with Crippen LogP contribution in [0.5, 0.6) is 0 Å². The number of carboxylic acid groups (broad SMARTS) is 1. The highest BCUT2D eigenvalue weighted by atomic mass is 16.7. The lowest BCUT2D eigenvalue weighted by molar-refractivity contribution is -0.141. The minimum Gasteiger partial charge on any atom is -0.465 e. The van der Waals surface area contributed by atoms with E-state index in [0.717, 1.165) is 12.8 Å². The second kappa shape index (κ2) is 5.34. The molecule has 7 heteroatoms. The first-order valence-corrected chi connectivity index (χ1v) is 4.99. The van der Waals surface area contributed by atoms with Crippen LogP contribution in [0.3, 0.4) is 0 Å². The molecule has 1 heterocycles. The van der Waals surface area contributed by atoms with Crippen LogP contribution in [-0.2, 0) is 9.63 Å². The summed E-state index contributed by atoms with van der Waals surface area (Å²) in [6, 6.07) is 0. The zero-order chi connectivity index (χ0) is 12.1. The lowest BCUT2D eigenvalue weighted by atomic mass is 9.97. The smallest absolute Gasteiger partial charge is 0.407 e. The molecular weight excluding hydrogens is 214 g/mol. The van der Waals surface area contributed by atoms with Crippen molar-refractivity contribution >= 4 is 17.9 Å². The van der Waals surface area contributed by atoms with Crippen molar-refractivity contribution in [3.63, 3.8) is 0 Å². The molecule has 1 amide bonds. The van der Waals surface area contributed by atoms with E-state index in [4.69, 9.17) is 10.8 Å². The molecule has 7 nitrogen and oxygen atoms in total. The topological polar surface area (TPSA) is 105 Å². The van der Waals surface area contributed by atoms with Gasteiger partial charge in [0.05, 0.1) is 0 Å². The van der Waals surface area contributed by atoms with Crippen LogP contribution in [0.1, 0.15) is 19.8 Å². The Balaban J connectivity index is 2.56. The first-order chi connectivity index (χ1) is 7.50. The average Bonchev–Trinajstić information content (AvgIpc) is 2.26. The summed E-state index contributed by atoms with van der Waals surface area (Å²) in [5, 5.41) is 12.3. The maximum Gasteiger partial charge on any atom is 0.407 e. The molecular formula is C9H15N3O4. The maximum absolute atomic E-state index is 10.7. The van der Waals surface area contributed by atoms with Gasteiger partial charge in [-0.15, -0.1) is 0 Å². The molecule has 1 atom stereocenters. The molecule has 1 aliphatic heterocycles. The van der Waals surface area contributed by atoms with E-state index in [2.05, 4.69) is 9.99 Å². The Hall–Kier alpha value is -1.79. The number of oxime groups is 1. The predicted molar refractivity (Wildman–Crippen MR) is 55.7 cm³/mol. The highest BCUT2D eigenvalue weighted by Crippen LogP contribution is 2.16. The van der Waals surface area contributed by atoms with Gasteiger partial charge in [0.15, 0.2) is 0 Å². The maximum atomic E-state index is 10.7. The van der Waals surface area contributed by atoms with Gasteiger partial charge in [-0.25, -0.2) is 9.59 Å². The molecule has 3 N–H and O–H groups in total. The number of carbonyl (C=O) groups is 2. The number of hydrogen-bond acceptors (Lipinski definition) is 4. The standard InChI is InChI=1S/C9H15N3O4/c1-6(13)16-11-8(10)7-3-2-4-12(5-7)9(14)15/h7H,2-5H2,1H3,(H2,10,11)(H,14,15). The van der Waals surface area contributed by atoms with Crippen molar-refractivity contribution < 1.29 is 19.5 Å². The van der Waals surface area contributed by atoms with E-state index < -0.39 is 12.1 Å². The van der Waals surface area contributed by atoms with Crippen molar-refractivity contribution in [1.29, 1.82) is 0 Å². The molecule has 1 unspecified atom stereocenters. The minimum absolute atomic E-state index is 0.168. The Morgan fingerprint density at radius 3 is 2.81 bits per heavy atom. The normalized spacial score (nSPS) is 21.7. The van der Waals surface area contributed by atoms with E-state index in [1.54, 1.807) is 0 Å². The van der Waals surface area contributed by atoms with Crippen LogP contribution >= 0.6 is 0 Å². The van der Waals surface area contributed by atoms with Crippen LogP contribution in [0, 0.1) is 5.92 Å². The molecule has 0 aromatic rings. The number of amides is 1. The van der Waals surface area contributed by atoms with Gasteiger partial charge in [-0.2, -0.15) is 0 Å². The van der Waals surface area contributed by atoms with Crippen molar-refractivity contribution in [2.75, 3.05) is 13.1 Å². The third-order valence-corrected chi connectivity index (χ3v) is 2.39. The molecule has 0 bridgehead atoms. The third-order valence-electron chi connectivity index (χ3n) is 2.39. The van der Waals surface area contributed by atoms with Crippen LogP contribution in [-0.4, -0.2) is 41.0 Å². The van der Waals surface area contributed by atoms with E-state index in [-0.39, 0.29) is 11.8 Å². The zero-order valence-electron chi connectivity index (χ0n) is 9.05. The number of nitrogens with zero attached hydrogens (tertiary/aromatic N) is 2. The van der Waals surface area contributed by atoms with Crippen LogP contribution < -0.4 is 5.73 Å². The summed E-state index contributed by atoms with van der Waals surface area (Å²) in [5.74, 6) is -0.556. The second-order valence-electron chi connectivity index (χ2n) is 3.67. The molecule has 1 saturated heterocycles. The van der Waals surface area contributed by atoms with E-state index >= 15 is 0 Å². The SMILES string of the molecule is CC(=O)O/N=C(/N)C1CCCN(C(=O)O)C1. The van der Waals surface area contributed by atoms with Gasteiger partial charge in [0.2, 0.25) is 0 Å². The Labute approximate surface area is 92.8 Å². The Morgan fingerprint density at radius 1 is 1.56 bits per heavy atom. The number of nitrogens with two attached hydrogens (primary N) is 1. The summed E-state index contributed by atoms with van der Waals surface area (Å²) >= 11 is 0. The van der Waals surface area contributed by atoms with Gasteiger partial charge in [0, 0.05) is 25.9 Å². The predicted octanol–water partition coefficient (Wildman–Crippen LogP) is 0.212. The number of hydrogen-bond donors (Lipinski definition) is 2. The number of amidine groups is 1. The Kier molecular flexibility index (Phi) is 4.10. The first-order valence-electron chi connectivity index (χ1n) is 4.99. The van der Waals surface area contributed by atoms with Crippen LogP contribution in [0.4, 0.5) is 4.79 Å². The molecule has 1 rings (SSSR count). The highest BCUT2D eigenvalue weighted by Gasteiger charge is 2.26. The highest BCUT2D eigenvalue weighted by molar-refractivity contribution is 5.84. The van der Waals surface area contributed by atoms with Crippen molar-refractivity contribution in [3.05, 3.63) is 0 Å². The molecule has 0 aliphatic carbocycles. The van der Waals surface area contributed by atoms with Crippen LogP contribution in [0.2, 0.25) is 0 Å². The van der Waals surface area contributed by atoms with Gasteiger partial charge in [-0.3, -0.25) is 0 Å². The lowest BCUT2D eigenvalue weighted by Gasteiger charge is -2.29. The summed E-state index contributed by atoms with van der Waals surface area (Å²) in [6.45, 7) is 2.03. The molecule has 90 valence electrons. The van der Waals surface area contributed by atoms with Gasteiger partial charge in [0.25, 0.3) is 0 Å². The van der Waals surface area contributed by atoms with E-state index in [9.17, 15) is 9.59 Å². The number of piperidine rings is 1. The van der Waals surface area contributed by atoms with Gasteiger partial charge >= 0.3 is 12.1 Å².